The van der Waals surface area contributed by atoms with E-state index in [-0.39, 0.29) is 5.75 Å². The first-order valence-electron chi connectivity index (χ1n) is 5.35. The van der Waals surface area contributed by atoms with Gasteiger partial charge in [-0.25, -0.2) is 13.6 Å². The molecule has 1 fully saturated rings. The van der Waals surface area contributed by atoms with Crippen molar-refractivity contribution in [3.63, 3.8) is 0 Å². The molecule has 90 valence electrons. The lowest BCUT2D eigenvalue weighted by Crippen LogP contribution is -2.38. The van der Waals surface area contributed by atoms with Gasteiger partial charge in [-0.2, -0.15) is 11.8 Å². The monoisotopic (exact) mass is 252 g/mol. The second kappa shape index (κ2) is 6.08. The van der Waals surface area contributed by atoms with Crippen molar-refractivity contribution in [3.8, 4) is 0 Å². The lowest BCUT2D eigenvalue weighted by atomic mass is 10.3. The van der Waals surface area contributed by atoms with Crippen molar-refractivity contribution < 1.29 is 8.42 Å². The summed E-state index contributed by atoms with van der Waals surface area (Å²) in [5.41, 5.74) is 0. The van der Waals surface area contributed by atoms with Crippen molar-refractivity contribution in [2.75, 3.05) is 31.1 Å². The Kier molecular flexibility index (Phi) is 5.38. The Bertz CT molecular complexity index is 280. The smallest absolute Gasteiger partial charge is 0.209 e. The predicted octanol–water partition coefficient (Wildman–Crippen LogP) is 0.492. The topological polar surface area (TPSA) is 63.4 Å². The predicted molar refractivity (Wildman–Crippen MR) is 65.6 cm³/mol. The summed E-state index contributed by atoms with van der Waals surface area (Å²) >= 11 is 2.02. The van der Waals surface area contributed by atoms with E-state index in [0.29, 0.717) is 11.7 Å². The highest BCUT2D eigenvalue weighted by atomic mass is 32.2. The molecule has 1 aliphatic heterocycles. The first kappa shape index (κ1) is 13.3. The average Bonchev–Trinajstić information content (AvgIpc) is 2.16. The van der Waals surface area contributed by atoms with Gasteiger partial charge >= 0.3 is 0 Å². The van der Waals surface area contributed by atoms with Crippen LogP contribution in [0.3, 0.4) is 0 Å². The maximum absolute atomic E-state index is 10.7. The molecule has 1 aliphatic rings. The van der Waals surface area contributed by atoms with Crippen molar-refractivity contribution in [3.05, 3.63) is 0 Å². The van der Waals surface area contributed by atoms with Crippen LogP contribution in [0.15, 0.2) is 0 Å². The van der Waals surface area contributed by atoms with Gasteiger partial charge < -0.3 is 4.90 Å². The Hall–Kier alpha value is 0.220. The van der Waals surface area contributed by atoms with Gasteiger partial charge in [-0.3, -0.25) is 0 Å². The van der Waals surface area contributed by atoms with Crippen LogP contribution in [-0.4, -0.2) is 49.7 Å². The second-order valence-electron chi connectivity index (χ2n) is 3.92. The summed E-state index contributed by atoms with van der Waals surface area (Å²) in [6.07, 6.45) is 1.84. The van der Waals surface area contributed by atoms with E-state index < -0.39 is 10.0 Å². The van der Waals surface area contributed by atoms with E-state index in [2.05, 4.69) is 11.8 Å². The van der Waals surface area contributed by atoms with E-state index in [9.17, 15) is 8.42 Å². The van der Waals surface area contributed by atoms with Gasteiger partial charge in [-0.1, -0.05) is 6.92 Å². The van der Waals surface area contributed by atoms with Crippen molar-refractivity contribution in [1.29, 1.82) is 0 Å². The molecule has 0 aromatic heterocycles. The SMILES string of the molecule is CCC1CN(CCCS(N)(=O)=O)CCS1. The fourth-order valence-electron chi connectivity index (χ4n) is 1.72. The molecule has 1 heterocycles. The van der Waals surface area contributed by atoms with Crippen LogP contribution < -0.4 is 5.14 Å². The van der Waals surface area contributed by atoms with Gasteiger partial charge in [0, 0.05) is 24.1 Å². The number of hydrogen-bond acceptors (Lipinski definition) is 4. The molecular weight excluding hydrogens is 232 g/mol. The first-order valence-corrected chi connectivity index (χ1v) is 8.12. The number of thioether (sulfide) groups is 1. The minimum absolute atomic E-state index is 0.105. The molecule has 1 atom stereocenters. The highest BCUT2D eigenvalue weighted by Crippen LogP contribution is 2.20. The van der Waals surface area contributed by atoms with Crippen LogP contribution in [0.25, 0.3) is 0 Å². The van der Waals surface area contributed by atoms with Crippen molar-refractivity contribution >= 4 is 21.8 Å². The van der Waals surface area contributed by atoms with Gasteiger partial charge in [0.15, 0.2) is 0 Å². The number of nitrogens with two attached hydrogens (primary N) is 1. The van der Waals surface area contributed by atoms with E-state index in [1.165, 1.54) is 6.42 Å². The zero-order valence-electron chi connectivity index (χ0n) is 9.18. The maximum atomic E-state index is 10.7. The summed E-state index contributed by atoms with van der Waals surface area (Å²) in [7, 11) is -3.28. The number of hydrogen-bond donors (Lipinski definition) is 1. The van der Waals surface area contributed by atoms with Crippen LogP contribution in [0, 0.1) is 0 Å². The van der Waals surface area contributed by atoms with Crippen molar-refractivity contribution in [2.45, 2.75) is 25.0 Å². The molecule has 0 radical (unpaired) electrons. The highest BCUT2D eigenvalue weighted by Gasteiger charge is 2.18. The molecule has 0 aromatic carbocycles. The van der Waals surface area contributed by atoms with E-state index in [1.54, 1.807) is 0 Å². The molecular formula is C9H20N2O2S2. The third-order valence-corrected chi connectivity index (χ3v) is 4.81. The summed E-state index contributed by atoms with van der Waals surface area (Å²) in [6.45, 7) is 5.22. The summed E-state index contributed by atoms with van der Waals surface area (Å²) < 4.78 is 21.5. The molecule has 1 rings (SSSR count). The summed E-state index contributed by atoms with van der Waals surface area (Å²) in [5.74, 6) is 1.27. The molecule has 1 saturated heterocycles. The van der Waals surface area contributed by atoms with Crippen LogP contribution in [0.2, 0.25) is 0 Å². The average molecular weight is 252 g/mol. The van der Waals surface area contributed by atoms with Gasteiger partial charge in [0.1, 0.15) is 0 Å². The number of nitrogens with zero attached hydrogens (tertiary/aromatic N) is 1. The van der Waals surface area contributed by atoms with E-state index >= 15 is 0 Å². The molecule has 0 amide bonds. The normalized spacial score (nSPS) is 24.3. The lowest BCUT2D eigenvalue weighted by Gasteiger charge is -2.31. The first-order chi connectivity index (χ1) is 7.01. The minimum atomic E-state index is -3.28. The Labute approximate surface area is 96.6 Å². The Morgan fingerprint density at radius 3 is 2.87 bits per heavy atom. The summed E-state index contributed by atoms with van der Waals surface area (Å²) in [6, 6.07) is 0. The van der Waals surface area contributed by atoms with Gasteiger partial charge in [-0.15, -0.1) is 0 Å². The maximum Gasteiger partial charge on any atom is 0.209 e. The molecule has 0 saturated carbocycles. The third-order valence-electron chi connectivity index (χ3n) is 2.58. The highest BCUT2D eigenvalue weighted by molar-refractivity contribution is 8.00. The van der Waals surface area contributed by atoms with Crippen LogP contribution >= 0.6 is 11.8 Å². The van der Waals surface area contributed by atoms with E-state index in [4.69, 9.17) is 5.14 Å². The largest absolute Gasteiger partial charge is 0.301 e. The third kappa shape index (κ3) is 5.75. The summed E-state index contributed by atoms with van der Waals surface area (Å²) in [5, 5.41) is 5.67. The Morgan fingerprint density at radius 1 is 1.53 bits per heavy atom. The van der Waals surface area contributed by atoms with Gasteiger partial charge in [0.2, 0.25) is 10.0 Å². The lowest BCUT2D eigenvalue weighted by molar-refractivity contribution is 0.282. The Balaban J connectivity index is 2.21. The molecule has 4 nitrogen and oxygen atoms in total. The molecule has 0 bridgehead atoms. The van der Waals surface area contributed by atoms with Gasteiger partial charge in [0.25, 0.3) is 0 Å². The molecule has 0 spiro atoms. The molecule has 1 unspecified atom stereocenters. The second-order valence-corrected chi connectivity index (χ2v) is 7.06. The standard InChI is InChI=1S/C9H20N2O2S2/c1-2-9-8-11(5-6-14-9)4-3-7-15(10,12)13/h9H,2-8H2,1H3,(H2,10,12,13). The zero-order chi connectivity index (χ0) is 11.3. The van der Waals surface area contributed by atoms with Crippen LogP contribution in [0.1, 0.15) is 19.8 Å². The van der Waals surface area contributed by atoms with Crippen LogP contribution in [-0.2, 0) is 10.0 Å². The molecule has 6 heteroatoms. The van der Waals surface area contributed by atoms with E-state index in [0.717, 1.165) is 25.4 Å². The van der Waals surface area contributed by atoms with Crippen LogP contribution in [0.4, 0.5) is 0 Å². The minimum Gasteiger partial charge on any atom is -0.301 e. The van der Waals surface area contributed by atoms with Crippen molar-refractivity contribution in [1.82, 2.24) is 4.90 Å². The van der Waals surface area contributed by atoms with E-state index in [1.807, 2.05) is 11.8 Å². The van der Waals surface area contributed by atoms with Gasteiger partial charge in [-0.05, 0) is 19.4 Å². The van der Waals surface area contributed by atoms with Crippen LogP contribution in [0.5, 0.6) is 0 Å². The summed E-state index contributed by atoms with van der Waals surface area (Å²) in [4.78, 5) is 2.34. The zero-order valence-corrected chi connectivity index (χ0v) is 10.8. The molecule has 2 N–H and O–H groups in total. The quantitative estimate of drug-likeness (QED) is 0.773. The molecule has 0 aromatic rings. The number of primary sulfonamides is 1. The van der Waals surface area contributed by atoms with Crippen molar-refractivity contribution in [2.24, 2.45) is 5.14 Å². The number of rotatable bonds is 5. The Morgan fingerprint density at radius 2 is 2.27 bits per heavy atom. The fraction of sp³-hybridized carbons (Fsp3) is 1.00. The number of sulfonamides is 1. The fourth-order valence-corrected chi connectivity index (χ4v) is 3.50. The molecule has 0 aliphatic carbocycles. The molecule has 15 heavy (non-hydrogen) atoms. The van der Waals surface area contributed by atoms with Gasteiger partial charge in [0.05, 0.1) is 5.75 Å².